The van der Waals surface area contributed by atoms with Crippen molar-refractivity contribution in [2.45, 2.75) is 23.2 Å². The Bertz CT molecular complexity index is 2390. The molecule has 2 aromatic carbocycles. The predicted octanol–water partition coefficient (Wildman–Crippen LogP) is 4.74. The van der Waals surface area contributed by atoms with E-state index in [-0.39, 0.29) is 84.4 Å². The Morgan fingerprint density at radius 3 is 1.49 bits per heavy atom. The number of aromatic nitrogens is 8. The summed E-state index contributed by atoms with van der Waals surface area (Å²) in [5.74, 6) is -2.42. The number of amides is 4. The first-order valence-electron chi connectivity index (χ1n) is 16.3. The maximum Gasteiger partial charge on any atom is 0.270 e. The minimum Gasteiger partial charge on any atom is -0.301 e. The van der Waals surface area contributed by atoms with Crippen molar-refractivity contribution in [3.05, 3.63) is 114 Å². The Labute approximate surface area is 356 Å². The molecule has 0 unspecified atom stereocenters. The molecule has 4 amide bonds. The Kier molecular flexibility index (Phi) is 14.1. The van der Waals surface area contributed by atoms with Gasteiger partial charge >= 0.3 is 0 Å². The highest BCUT2D eigenvalue weighted by Gasteiger charge is 2.22. The number of non-ortho nitro benzene ring substituents is 2. The maximum atomic E-state index is 13.4. The molecule has 0 fully saturated rings. The van der Waals surface area contributed by atoms with Gasteiger partial charge in [-0.25, -0.2) is 19.3 Å². The van der Waals surface area contributed by atoms with Gasteiger partial charge in [0.25, 0.3) is 23.2 Å². The van der Waals surface area contributed by atoms with Crippen molar-refractivity contribution in [3.63, 3.8) is 0 Å². The molecule has 0 radical (unpaired) electrons. The zero-order valence-corrected chi connectivity index (χ0v) is 34.2. The third-order valence-electron chi connectivity index (χ3n) is 7.36. The number of anilines is 2. The Hall–Kier alpha value is -6.06. The van der Waals surface area contributed by atoms with Gasteiger partial charge in [0.05, 0.1) is 39.2 Å². The monoisotopic (exact) mass is 918 g/mol. The van der Waals surface area contributed by atoms with Crippen molar-refractivity contribution in [1.29, 1.82) is 0 Å². The second kappa shape index (κ2) is 19.6. The SMILES string of the molecule is O=C(CCl)Nc1nc(Cc2nnc(SCSc3nnc(Cc4csc(NC(=O)CCl)n4)n3NC(=O)c3cccc([N+](=O)[O-])c3)n2NC(=O)c2cccc([N+](=O)[O-])c2)cs1. The van der Waals surface area contributed by atoms with Gasteiger partial charge in [-0.3, -0.25) is 50.3 Å². The molecule has 0 aliphatic heterocycles. The van der Waals surface area contributed by atoms with E-state index in [4.69, 9.17) is 23.2 Å². The molecule has 59 heavy (non-hydrogen) atoms. The summed E-state index contributed by atoms with van der Waals surface area (Å²) in [6, 6.07) is 10.3. The molecule has 4 N–H and O–H groups in total. The Morgan fingerprint density at radius 1 is 0.678 bits per heavy atom. The molecule has 6 aromatic rings. The van der Waals surface area contributed by atoms with Gasteiger partial charge in [-0.15, -0.1) is 66.3 Å². The first-order chi connectivity index (χ1) is 28.4. The summed E-state index contributed by atoms with van der Waals surface area (Å²) in [7, 11) is 0. The summed E-state index contributed by atoms with van der Waals surface area (Å²) in [6.45, 7) is 0. The van der Waals surface area contributed by atoms with Gasteiger partial charge in [0.2, 0.25) is 22.1 Å². The van der Waals surface area contributed by atoms with Crippen LogP contribution in [0.25, 0.3) is 0 Å². The molecule has 4 aromatic heterocycles. The van der Waals surface area contributed by atoms with E-state index in [2.05, 4.69) is 51.8 Å². The van der Waals surface area contributed by atoms with Crippen LogP contribution in [0.1, 0.15) is 43.8 Å². The number of nitro benzene ring substituents is 2. The molecule has 0 saturated carbocycles. The highest BCUT2D eigenvalue weighted by atomic mass is 35.5. The van der Waals surface area contributed by atoms with Gasteiger partial charge in [0.15, 0.2) is 21.9 Å². The van der Waals surface area contributed by atoms with Crippen molar-refractivity contribution >= 4 is 115 Å². The summed E-state index contributed by atoms with van der Waals surface area (Å²) in [4.78, 5) is 80.6. The number of hydrogen-bond donors (Lipinski definition) is 4. The topological polar surface area (TPSA) is 290 Å². The highest BCUT2D eigenvalue weighted by molar-refractivity contribution is 8.15. The van der Waals surface area contributed by atoms with Crippen molar-refractivity contribution in [3.8, 4) is 0 Å². The summed E-state index contributed by atoms with van der Waals surface area (Å²) in [6.07, 6.45) is 0.0802. The van der Waals surface area contributed by atoms with Gasteiger partial charge in [-0.1, -0.05) is 35.7 Å². The standard InChI is InChI=1S/C31H24Cl2N14O8S4/c32-11-24(48)36-28-34-18(13-56-28)9-22-38-40-30(44(22)42-26(50)16-3-1-5-20(7-16)46(52)53)58-15-59-31-41-39-23(10-19-14-57-29(35-19)37-25(49)12-33)45(31)43-27(51)17-4-2-6-21(8-17)47(54)55/h1-8,13-14H,9-12,15H2,(H,42,50)(H,43,51)(H,34,36,48)(H,35,37,49). The number of rotatable bonds is 18. The second-order valence-electron chi connectivity index (χ2n) is 11.4. The Morgan fingerprint density at radius 2 is 1.10 bits per heavy atom. The minimum absolute atomic E-state index is 0.0160. The average Bonchev–Trinajstić information content (AvgIpc) is 4.04. The van der Waals surface area contributed by atoms with E-state index >= 15 is 0 Å². The van der Waals surface area contributed by atoms with Gasteiger partial charge in [-0.2, -0.15) is 0 Å². The number of thioether (sulfide) groups is 2. The first-order valence-corrected chi connectivity index (χ1v) is 21.1. The van der Waals surface area contributed by atoms with Crippen LogP contribution >= 0.6 is 69.4 Å². The number of nitro groups is 2. The number of nitrogens with zero attached hydrogens (tertiary/aromatic N) is 10. The van der Waals surface area contributed by atoms with Crippen LogP contribution in [0.3, 0.4) is 0 Å². The third kappa shape index (κ3) is 11.1. The lowest BCUT2D eigenvalue weighted by atomic mass is 10.2. The molecule has 0 saturated heterocycles. The lowest BCUT2D eigenvalue weighted by Gasteiger charge is -2.12. The van der Waals surface area contributed by atoms with Gasteiger partial charge in [0, 0.05) is 46.2 Å². The van der Waals surface area contributed by atoms with Gasteiger partial charge in [0.1, 0.15) is 11.8 Å². The number of alkyl halides is 2. The number of carbonyl (C=O) groups is 4. The normalized spacial score (nSPS) is 10.9. The van der Waals surface area contributed by atoms with Gasteiger partial charge < -0.3 is 10.6 Å². The van der Waals surface area contributed by atoms with E-state index in [9.17, 15) is 39.4 Å². The van der Waals surface area contributed by atoms with Crippen LogP contribution in [0, 0.1) is 20.2 Å². The van der Waals surface area contributed by atoms with Crippen molar-refractivity contribution in [2.24, 2.45) is 0 Å². The maximum absolute atomic E-state index is 13.4. The number of carbonyl (C=O) groups excluding carboxylic acids is 4. The zero-order valence-electron chi connectivity index (χ0n) is 29.4. The molecule has 0 spiro atoms. The summed E-state index contributed by atoms with van der Waals surface area (Å²) >= 11 is 15.7. The minimum atomic E-state index is -0.710. The second-order valence-corrected chi connectivity index (χ2v) is 15.9. The van der Waals surface area contributed by atoms with Gasteiger partial charge in [-0.05, 0) is 12.1 Å². The number of benzene rings is 2. The van der Waals surface area contributed by atoms with Crippen LogP contribution in [0.15, 0.2) is 69.6 Å². The van der Waals surface area contributed by atoms with Crippen molar-refractivity contribution in [1.82, 2.24) is 39.7 Å². The number of hydrogen-bond acceptors (Lipinski definition) is 18. The molecular weight excluding hydrogens is 896 g/mol. The van der Waals surface area contributed by atoms with Crippen LogP contribution in [-0.4, -0.2) is 90.0 Å². The van der Waals surface area contributed by atoms with Crippen LogP contribution in [-0.2, 0) is 22.4 Å². The summed E-state index contributed by atoms with van der Waals surface area (Å²) in [5, 5.41) is 49.3. The summed E-state index contributed by atoms with van der Waals surface area (Å²) < 4.78 is 2.59. The van der Waals surface area contributed by atoms with E-state index < -0.39 is 33.5 Å². The van der Waals surface area contributed by atoms with E-state index in [1.165, 1.54) is 45.8 Å². The third-order valence-corrected chi connectivity index (χ3v) is 11.4. The van der Waals surface area contributed by atoms with Crippen LogP contribution < -0.4 is 21.5 Å². The fourth-order valence-electron chi connectivity index (χ4n) is 4.75. The quantitative estimate of drug-likeness (QED) is 0.0297. The van der Waals surface area contributed by atoms with Crippen LogP contribution in [0.4, 0.5) is 21.6 Å². The molecule has 28 heteroatoms. The summed E-state index contributed by atoms with van der Waals surface area (Å²) in [5.41, 5.74) is 5.69. The average molecular weight is 920 g/mol. The van der Waals surface area contributed by atoms with E-state index in [0.717, 1.165) is 58.3 Å². The molecular formula is C31H24Cl2N14O8S4. The van der Waals surface area contributed by atoms with Crippen LogP contribution in [0.5, 0.6) is 0 Å². The van der Waals surface area contributed by atoms with E-state index in [1.54, 1.807) is 10.8 Å². The molecule has 0 atom stereocenters. The Balaban J connectivity index is 1.25. The highest BCUT2D eigenvalue weighted by Crippen LogP contribution is 2.28. The van der Waals surface area contributed by atoms with Crippen molar-refractivity contribution < 1.29 is 29.0 Å². The van der Waals surface area contributed by atoms with E-state index in [1.807, 2.05) is 0 Å². The lowest BCUT2D eigenvalue weighted by Crippen LogP contribution is -2.26. The fourth-order valence-corrected chi connectivity index (χ4v) is 8.17. The zero-order chi connectivity index (χ0) is 42.1. The first kappa shape index (κ1) is 42.5. The molecule has 0 aliphatic rings. The van der Waals surface area contributed by atoms with Crippen LogP contribution in [0.2, 0.25) is 0 Å². The number of nitrogens with one attached hydrogen (secondary N) is 4. The lowest BCUT2D eigenvalue weighted by molar-refractivity contribution is -0.385. The largest absolute Gasteiger partial charge is 0.301 e. The predicted molar refractivity (Wildman–Crippen MR) is 219 cm³/mol. The molecule has 304 valence electrons. The number of halogens is 2. The fraction of sp³-hybridized carbons (Fsp3) is 0.161. The smallest absolute Gasteiger partial charge is 0.270 e. The molecule has 0 aliphatic carbocycles. The molecule has 0 bridgehead atoms. The molecule has 6 rings (SSSR count). The molecule has 22 nitrogen and oxygen atoms in total. The van der Waals surface area contributed by atoms with Crippen molar-refractivity contribution in [2.75, 3.05) is 38.3 Å². The molecule has 4 heterocycles. The number of thiazole rings is 2. The van der Waals surface area contributed by atoms with E-state index in [0.29, 0.717) is 11.4 Å².